The van der Waals surface area contributed by atoms with Crippen molar-refractivity contribution in [2.24, 2.45) is 5.41 Å². The molecular weight excluding hydrogens is 116 g/mol. The maximum Gasteiger partial charge on any atom is 0.0812 e. The van der Waals surface area contributed by atoms with Gasteiger partial charge in [0, 0.05) is 0 Å². The van der Waals surface area contributed by atoms with E-state index in [2.05, 4.69) is 0 Å². The van der Waals surface area contributed by atoms with Crippen LogP contribution < -0.4 is 0 Å². The largest absolute Gasteiger partial charge is 0.394 e. The van der Waals surface area contributed by atoms with Gasteiger partial charge in [-0.2, -0.15) is 0 Å². The Bertz CT molecular complexity index is 118. The Hall–Kier alpha value is -0.0800. The Morgan fingerprint density at radius 1 is 1.56 bits per heavy atom. The third-order valence-corrected chi connectivity index (χ3v) is 2.45. The zero-order valence-corrected chi connectivity index (χ0v) is 5.47. The summed E-state index contributed by atoms with van der Waals surface area (Å²) >= 11 is 0. The van der Waals surface area contributed by atoms with E-state index in [1.165, 1.54) is 12.8 Å². The first-order valence-electron chi connectivity index (χ1n) is 3.57. The smallest absolute Gasteiger partial charge is 0.0812 e. The highest BCUT2D eigenvalue weighted by Crippen LogP contribution is 2.53. The van der Waals surface area contributed by atoms with Crippen LogP contribution in [0.4, 0.5) is 0 Å². The molecule has 0 aromatic carbocycles. The molecule has 0 bridgehead atoms. The van der Waals surface area contributed by atoms with Crippen LogP contribution in [0.1, 0.15) is 19.3 Å². The summed E-state index contributed by atoms with van der Waals surface area (Å²) in [6, 6.07) is 0. The van der Waals surface area contributed by atoms with Gasteiger partial charge in [0.15, 0.2) is 0 Å². The molecule has 0 radical (unpaired) electrons. The molecule has 1 atom stereocenters. The second-order valence-electron chi connectivity index (χ2n) is 3.32. The molecule has 2 rings (SSSR count). The van der Waals surface area contributed by atoms with Crippen molar-refractivity contribution in [3.05, 3.63) is 0 Å². The van der Waals surface area contributed by atoms with Crippen LogP contribution >= 0.6 is 0 Å². The van der Waals surface area contributed by atoms with Gasteiger partial charge < -0.3 is 9.84 Å². The van der Waals surface area contributed by atoms with Gasteiger partial charge in [0.2, 0.25) is 0 Å². The number of rotatable bonds is 1. The monoisotopic (exact) mass is 128 g/mol. The fraction of sp³-hybridized carbons (Fsp3) is 1.00. The molecule has 0 amide bonds. The van der Waals surface area contributed by atoms with Crippen molar-refractivity contribution in [3.63, 3.8) is 0 Å². The highest BCUT2D eigenvalue weighted by Gasteiger charge is 2.49. The zero-order valence-electron chi connectivity index (χ0n) is 5.47. The van der Waals surface area contributed by atoms with E-state index in [0.717, 1.165) is 13.0 Å². The van der Waals surface area contributed by atoms with Gasteiger partial charge in [-0.25, -0.2) is 0 Å². The Kier molecular flexibility index (Phi) is 1.08. The fourth-order valence-electron chi connectivity index (χ4n) is 1.54. The van der Waals surface area contributed by atoms with E-state index in [1.54, 1.807) is 0 Å². The minimum atomic E-state index is 0.160. The van der Waals surface area contributed by atoms with Crippen LogP contribution in [0.15, 0.2) is 0 Å². The quantitative estimate of drug-likeness (QED) is 0.558. The van der Waals surface area contributed by atoms with Crippen LogP contribution in [0.3, 0.4) is 0 Å². The summed E-state index contributed by atoms with van der Waals surface area (Å²) in [5.41, 5.74) is 0.535. The Labute approximate surface area is 54.8 Å². The van der Waals surface area contributed by atoms with E-state index in [1.807, 2.05) is 0 Å². The second kappa shape index (κ2) is 1.70. The highest BCUT2D eigenvalue weighted by atomic mass is 16.5. The van der Waals surface area contributed by atoms with Crippen LogP contribution in [0.5, 0.6) is 0 Å². The molecule has 2 heteroatoms. The van der Waals surface area contributed by atoms with E-state index in [-0.39, 0.29) is 12.7 Å². The maximum absolute atomic E-state index is 8.70. The fourth-order valence-corrected chi connectivity index (χ4v) is 1.54. The van der Waals surface area contributed by atoms with Gasteiger partial charge in [0.1, 0.15) is 0 Å². The van der Waals surface area contributed by atoms with Crippen molar-refractivity contribution in [1.29, 1.82) is 0 Å². The summed E-state index contributed by atoms with van der Waals surface area (Å²) in [5, 5.41) is 8.70. The van der Waals surface area contributed by atoms with Gasteiger partial charge >= 0.3 is 0 Å². The molecule has 1 N–H and O–H groups in total. The maximum atomic E-state index is 8.70. The molecule has 9 heavy (non-hydrogen) atoms. The minimum absolute atomic E-state index is 0.160. The van der Waals surface area contributed by atoms with Crippen molar-refractivity contribution >= 4 is 0 Å². The molecule has 1 aliphatic carbocycles. The second-order valence-corrected chi connectivity index (χ2v) is 3.32. The van der Waals surface area contributed by atoms with Crippen molar-refractivity contribution in [1.82, 2.24) is 0 Å². The number of aliphatic hydroxyl groups excluding tert-OH is 1. The topological polar surface area (TPSA) is 29.5 Å². The lowest BCUT2D eigenvalue weighted by Gasteiger charge is -2.01. The molecule has 1 saturated carbocycles. The van der Waals surface area contributed by atoms with E-state index in [4.69, 9.17) is 9.84 Å². The molecule has 2 aliphatic rings. The molecule has 1 aliphatic heterocycles. The molecule has 1 saturated heterocycles. The van der Waals surface area contributed by atoms with Gasteiger partial charge in [0.05, 0.1) is 19.3 Å². The number of aliphatic hydroxyl groups is 1. The van der Waals surface area contributed by atoms with Crippen molar-refractivity contribution in [2.45, 2.75) is 25.4 Å². The molecule has 0 aromatic heterocycles. The van der Waals surface area contributed by atoms with E-state index < -0.39 is 0 Å². The first-order valence-corrected chi connectivity index (χ1v) is 3.57. The molecular formula is C7H12O2. The molecule has 0 aromatic rings. The predicted molar refractivity (Wildman–Crippen MR) is 33.1 cm³/mol. The summed E-state index contributed by atoms with van der Waals surface area (Å²) in [4.78, 5) is 0. The lowest BCUT2D eigenvalue weighted by molar-refractivity contribution is 0.0567. The van der Waals surface area contributed by atoms with Crippen molar-refractivity contribution in [2.75, 3.05) is 13.2 Å². The lowest BCUT2D eigenvalue weighted by Crippen LogP contribution is -2.09. The number of ether oxygens (including phenoxy) is 1. The SMILES string of the molecule is OCC1CC2(CC2)CO1. The van der Waals surface area contributed by atoms with Crippen molar-refractivity contribution in [3.8, 4) is 0 Å². The van der Waals surface area contributed by atoms with Crippen LogP contribution in [-0.4, -0.2) is 24.4 Å². The highest BCUT2D eigenvalue weighted by molar-refractivity contribution is 4.98. The molecule has 1 spiro atoms. The normalized spacial score (nSPS) is 37.7. The van der Waals surface area contributed by atoms with Crippen LogP contribution in [0.25, 0.3) is 0 Å². The summed E-state index contributed by atoms with van der Waals surface area (Å²) < 4.78 is 5.33. The van der Waals surface area contributed by atoms with E-state index in [0.29, 0.717) is 5.41 Å². The van der Waals surface area contributed by atoms with Gasteiger partial charge in [0.25, 0.3) is 0 Å². The van der Waals surface area contributed by atoms with E-state index >= 15 is 0 Å². The first kappa shape index (κ1) is 5.69. The van der Waals surface area contributed by atoms with Gasteiger partial charge in [-0.15, -0.1) is 0 Å². The predicted octanol–water partition coefficient (Wildman–Crippen LogP) is 0.548. The van der Waals surface area contributed by atoms with E-state index in [9.17, 15) is 0 Å². The number of hydrogen-bond donors (Lipinski definition) is 1. The third-order valence-electron chi connectivity index (χ3n) is 2.45. The lowest BCUT2D eigenvalue weighted by atomic mass is 10.0. The summed E-state index contributed by atoms with van der Waals surface area (Å²) in [6.07, 6.45) is 3.91. The molecule has 1 heterocycles. The van der Waals surface area contributed by atoms with Gasteiger partial charge in [-0.05, 0) is 24.7 Å². The average Bonchev–Trinajstić information content (AvgIpc) is 2.44. The molecule has 2 fully saturated rings. The van der Waals surface area contributed by atoms with Crippen LogP contribution in [0.2, 0.25) is 0 Å². The zero-order chi connectivity index (χ0) is 6.32. The van der Waals surface area contributed by atoms with Crippen molar-refractivity contribution < 1.29 is 9.84 Å². The Morgan fingerprint density at radius 3 is 2.67 bits per heavy atom. The molecule has 1 unspecified atom stereocenters. The summed E-state index contributed by atoms with van der Waals surface area (Å²) in [7, 11) is 0. The molecule has 2 nitrogen and oxygen atoms in total. The molecule has 52 valence electrons. The average molecular weight is 128 g/mol. The van der Waals surface area contributed by atoms with Gasteiger partial charge in [-0.1, -0.05) is 0 Å². The summed E-state index contributed by atoms with van der Waals surface area (Å²) in [5.74, 6) is 0. The van der Waals surface area contributed by atoms with Crippen LogP contribution in [-0.2, 0) is 4.74 Å². The Morgan fingerprint density at radius 2 is 2.33 bits per heavy atom. The minimum Gasteiger partial charge on any atom is -0.394 e. The van der Waals surface area contributed by atoms with Gasteiger partial charge in [-0.3, -0.25) is 0 Å². The standard InChI is InChI=1S/C7H12O2/c8-4-6-3-7(1-2-7)5-9-6/h6,8H,1-5H2. The van der Waals surface area contributed by atoms with Crippen LogP contribution in [0, 0.1) is 5.41 Å². The summed E-state index contributed by atoms with van der Waals surface area (Å²) in [6.45, 7) is 1.11. The third kappa shape index (κ3) is 0.864. The first-order chi connectivity index (χ1) is 4.35. The Balaban J connectivity index is 1.93. The number of hydrogen-bond acceptors (Lipinski definition) is 2.